The van der Waals surface area contributed by atoms with Gasteiger partial charge in [0.1, 0.15) is 11.5 Å². The van der Waals surface area contributed by atoms with Crippen LogP contribution in [0.1, 0.15) is 48.3 Å². The Kier molecular flexibility index (Phi) is 5.69. The summed E-state index contributed by atoms with van der Waals surface area (Å²) in [6.45, 7) is 5.26. The Morgan fingerprint density at radius 2 is 1.79 bits per heavy atom. The molecule has 3 heterocycles. The molecule has 1 saturated carbocycles. The van der Waals surface area contributed by atoms with Crippen molar-refractivity contribution in [1.29, 1.82) is 0 Å². The van der Waals surface area contributed by atoms with Crippen LogP contribution in [0.2, 0.25) is 0 Å². The number of anilines is 2. The van der Waals surface area contributed by atoms with Crippen LogP contribution < -0.4 is 15.1 Å². The number of piperazine rings is 1. The van der Waals surface area contributed by atoms with Gasteiger partial charge in [0.25, 0.3) is 5.91 Å². The summed E-state index contributed by atoms with van der Waals surface area (Å²) >= 11 is 0. The number of carbonyl (C=O) groups is 1. The zero-order valence-electron chi connectivity index (χ0n) is 16.5. The molecule has 0 atom stereocenters. The average molecular weight is 380 g/mol. The first kappa shape index (κ1) is 18.7. The number of aromatic nitrogens is 3. The minimum Gasteiger partial charge on any atom is -0.353 e. The highest BCUT2D eigenvalue weighted by Crippen LogP contribution is 2.19. The number of aryl methyl sites for hydroxylation is 1. The molecule has 0 unspecified atom stereocenters. The third kappa shape index (κ3) is 4.40. The minimum atomic E-state index is -0.0780. The summed E-state index contributed by atoms with van der Waals surface area (Å²) in [4.78, 5) is 30.7. The van der Waals surface area contributed by atoms with Gasteiger partial charge in [0.2, 0.25) is 5.95 Å². The number of carbonyl (C=O) groups excluding carboxylic acids is 1. The van der Waals surface area contributed by atoms with E-state index < -0.39 is 0 Å². The second-order valence-corrected chi connectivity index (χ2v) is 7.66. The van der Waals surface area contributed by atoms with Crippen LogP contribution in [0.15, 0.2) is 30.5 Å². The predicted molar refractivity (Wildman–Crippen MR) is 110 cm³/mol. The van der Waals surface area contributed by atoms with Crippen molar-refractivity contribution in [2.75, 3.05) is 36.0 Å². The number of amides is 1. The summed E-state index contributed by atoms with van der Waals surface area (Å²) < 4.78 is 0. The fourth-order valence-electron chi connectivity index (χ4n) is 3.99. The van der Waals surface area contributed by atoms with E-state index in [1.807, 2.05) is 31.3 Å². The summed E-state index contributed by atoms with van der Waals surface area (Å²) in [5.74, 6) is 1.57. The van der Waals surface area contributed by atoms with Crippen LogP contribution in [-0.2, 0) is 0 Å². The standard InChI is InChI=1S/C21H28N6O/c1-16-15-18(20(28)24-17-7-3-2-4-8-17)25-21(23-16)27-13-11-26(12-14-27)19-9-5-6-10-22-19/h5-6,9-10,15,17H,2-4,7-8,11-14H2,1H3,(H,24,28). The smallest absolute Gasteiger partial charge is 0.270 e. The molecule has 1 amide bonds. The van der Waals surface area contributed by atoms with Gasteiger partial charge in [-0.25, -0.2) is 15.0 Å². The third-order valence-corrected chi connectivity index (χ3v) is 5.55. The first-order valence-electron chi connectivity index (χ1n) is 10.3. The zero-order chi connectivity index (χ0) is 19.3. The number of rotatable bonds is 4. The molecular formula is C21H28N6O. The molecule has 0 spiro atoms. The molecule has 28 heavy (non-hydrogen) atoms. The lowest BCUT2D eigenvalue weighted by Gasteiger charge is -2.35. The molecule has 1 N–H and O–H groups in total. The van der Waals surface area contributed by atoms with Crippen LogP contribution in [0.3, 0.4) is 0 Å². The quantitative estimate of drug-likeness (QED) is 0.879. The Balaban J connectivity index is 1.42. The van der Waals surface area contributed by atoms with Gasteiger partial charge in [0.15, 0.2) is 0 Å². The Labute approximate surface area is 166 Å². The Hall–Kier alpha value is -2.70. The fourth-order valence-corrected chi connectivity index (χ4v) is 3.99. The summed E-state index contributed by atoms with van der Waals surface area (Å²) in [6, 6.07) is 8.04. The molecule has 0 radical (unpaired) electrons. The summed E-state index contributed by atoms with van der Waals surface area (Å²) in [5, 5.41) is 3.16. The Morgan fingerprint density at radius 1 is 1.04 bits per heavy atom. The minimum absolute atomic E-state index is 0.0780. The predicted octanol–water partition coefficient (Wildman–Crippen LogP) is 2.57. The van der Waals surface area contributed by atoms with Crippen molar-refractivity contribution < 1.29 is 4.79 Å². The molecule has 2 aromatic heterocycles. The van der Waals surface area contributed by atoms with Crippen LogP contribution in [0, 0.1) is 6.92 Å². The van der Waals surface area contributed by atoms with Crippen molar-refractivity contribution in [3.8, 4) is 0 Å². The topological polar surface area (TPSA) is 74.2 Å². The zero-order valence-corrected chi connectivity index (χ0v) is 16.5. The van der Waals surface area contributed by atoms with E-state index in [2.05, 4.69) is 30.1 Å². The number of nitrogens with zero attached hydrogens (tertiary/aromatic N) is 5. The highest BCUT2D eigenvalue weighted by Gasteiger charge is 2.22. The maximum atomic E-state index is 12.7. The van der Waals surface area contributed by atoms with Crippen LogP contribution in [0.5, 0.6) is 0 Å². The first-order chi connectivity index (χ1) is 13.7. The van der Waals surface area contributed by atoms with Crippen molar-refractivity contribution >= 4 is 17.7 Å². The second-order valence-electron chi connectivity index (χ2n) is 7.66. The van der Waals surface area contributed by atoms with E-state index in [0.717, 1.165) is 50.5 Å². The molecule has 148 valence electrons. The van der Waals surface area contributed by atoms with E-state index in [1.165, 1.54) is 19.3 Å². The molecule has 4 rings (SSSR count). The van der Waals surface area contributed by atoms with Crippen molar-refractivity contribution in [1.82, 2.24) is 20.3 Å². The van der Waals surface area contributed by atoms with E-state index in [4.69, 9.17) is 0 Å². The van der Waals surface area contributed by atoms with E-state index in [9.17, 15) is 4.79 Å². The molecule has 2 aromatic rings. The van der Waals surface area contributed by atoms with E-state index >= 15 is 0 Å². The fraction of sp³-hybridized carbons (Fsp3) is 0.524. The van der Waals surface area contributed by atoms with Crippen molar-refractivity contribution in [2.24, 2.45) is 0 Å². The van der Waals surface area contributed by atoms with Gasteiger partial charge in [-0.3, -0.25) is 4.79 Å². The molecule has 1 aliphatic carbocycles. The molecule has 2 fully saturated rings. The van der Waals surface area contributed by atoms with Gasteiger partial charge in [-0.15, -0.1) is 0 Å². The van der Waals surface area contributed by atoms with E-state index in [-0.39, 0.29) is 11.9 Å². The largest absolute Gasteiger partial charge is 0.353 e. The van der Waals surface area contributed by atoms with Crippen LogP contribution in [-0.4, -0.2) is 53.1 Å². The summed E-state index contributed by atoms with van der Waals surface area (Å²) in [6.07, 6.45) is 7.62. The summed E-state index contributed by atoms with van der Waals surface area (Å²) in [5.41, 5.74) is 1.30. The first-order valence-corrected chi connectivity index (χ1v) is 10.3. The normalized spacial score (nSPS) is 18.2. The lowest BCUT2D eigenvalue weighted by molar-refractivity contribution is 0.0922. The number of nitrogens with one attached hydrogen (secondary N) is 1. The number of pyridine rings is 1. The molecule has 2 aliphatic rings. The van der Waals surface area contributed by atoms with Gasteiger partial charge < -0.3 is 15.1 Å². The Bertz CT molecular complexity index is 798. The molecule has 0 aromatic carbocycles. The van der Waals surface area contributed by atoms with E-state index in [1.54, 1.807) is 6.07 Å². The molecule has 1 aliphatic heterocycles. The van der Waals surface area contributed by atoms with Crippen LogP contribution >= 0.6 is 0 Å². The van der Waals surface area contributed by atoms with E-state index in [0.29, 0.717) is 11.6 Å². The monoisotopic (exact) mass is 380 g/mol. The SMILES string of the molecule is Cc1cc(C(=O)NC2CCCCC2)nc(N2CCN(c3ccccn3)CC2)n1. The molecule has 7 heteroatoms. The van der Waals surface area contributed by atoms with Gasteiger partial charge >= 0.3 is 0 Å². The van der Waals surface area contributed by atoms with Gasteiger partial charge in [-0.05, 0) is 38.0 Å². The maximum Gasteiger partial charge on any atom is 0.270 e. The second kappa shape index (κ2) is 8.54. The van der Waals surface area contributed by atoms with Gasteiger partial charge in [0.05, 0.1) is 0 Å². The van der Waals surface area contributed by atoms with Gasteiger partial charge in [-0.2, -0.15) is 0 Å². The highest BCUT2D eigenvalue weighted by molar-refractivity contribution is 5.92. The van der Waals surface area contributed by atoms with Crippen LogP contribution in [0.25, 0.3) is 0 Å². The third-order valence-electron chi connectivity index (χ3n) is 5.55. The van der Waals surface area contributed by atoms with Gasteiger partial charge in [0, 0.05) is 44.1 Å². The average Bonchev–Trinajstić information content (AvgIpc) is 2.75. The van der Waals surface area contributed by atoms with Crippen LogP contribution in [0.4, 0.5) is 11.8 Å². The lowest BCUT2D eigenvalue weighted by atomic mass is 9.95. The molecular weight excluding hydrogens is 352 g/mol. The van der Waals surface area contributed by atoms with Gasteiger partial charge in [-0.1, -0.05) is 25.3 Å². The van der Waals surface area contributed by atoms with Crippen molar-refractivity contribution in [3.63, 3.8) is 0 Å². The van der Waals surface area contributed by atoms with Crippen molar-refractivity contribution in [2.45, 2.75) is 45.1 Å². The number of hydrogen-bond donors (Lipinski definition) is 1. The lowest BCUT2D eigenvalue weighted by Crippen LogP contribution is -2.47. The molecule has 7 nitrogen and oxygen atoms in total. The molecule has 0 bridgehead atoms. The van der Waals surface area contributed by atoms with Crippen molar-refractivity contribution in [3.05, 3.63) is 41.9 Å². The Morgan fingerprint density at radius 3 is 2.50 bits per heavy atom. The number of hydrogen-bond acceptors (Lipinski definition) is 6. The molecule has 1 saturated heterocycles. The summed E-state index contributed by atoms with van der Waals surface area (Å²) in [7, 11) is 0. The maximum absolute atomic E-state index is 12.7. The highest BCUT2D eigenvalue weighted by atomic mass is 16.1.